The average Bonchev–Trinajstić information content (AvgIpc) is 3.43. The molecule has 0 bridgehead atoms. The zero-order valence-corrected chi connectivity index (χ0v) is 19.3. The molecule has 2 amide bonds. The molecule has 0 saturated heterocycles. The molecule has 7 heteroatoms. The lowest BCUT2D eigenvalue weighted by molar-refractivity contribution is -0.142. The summed E-state index contributed by atoms with van der Waals surface area (Å²) in [6, 6.07) is 11.0. The number of amides is 2. The maximum atomic E-state index is 12.7. The number of urea groups is 1. The minimum Gasteiger partial charge on any atom is -0.466 e. The average molecular weight is 452 g/mol. The Morgan fingerprint density at radius 1 is 1.12 bits per heavy atom. The van der Waals surface area contributed by atoms with Crippen molar-refractivity contribution in [2.75, 3.05) is 11.9 Å². The van der Waals surface area contributed by atoms with Crippen molar-refractivity contribution >= 4 is 29.0 Å². The minimum absolute atomic E-state index is 0.117. The summed E-state index contributed by atoms with van der Waals surface area (Å²) >= 11 is 1.84. The van der Waals surface area contributed by atoms with Crippen molar-refractivity contribution in [1.29, 1.82) is 0 Å². The number of esters is 1. The van der Waals surface area contributed by atoms with Crippen LogP contribution in [0.25, 0.3) is 5.00 Å². The van der Waals surface area contributed by atoms with Crippen molar-refractivity contribution < 1.29 is 14.3 Å². The molecule has 2 aromatic heterocycles. The molecule has 0 unspecified atom stereocenters. The largest absolute Gasteiger partial charge is 0.466 e. The number of aromatic nitrogens is 1. The van der Waals surface area contributed by atoms with E-state index in [2.05, 4.69) is 27.6 Å². The summed E-state index contributed by atoms with van der Waals surface area (Å²) in [5.74, 6) is -0.252. The van der Waals surface area contributed by atoms with E-state index < -0.39 is 0 Å². The summed E-state index contributed by atoms with van der Waals surface area (Å²) in [5.41, 5.74) is 4.16. The van der Waals surface area contributed by atoms with E-state index in [0.29, 0.717) is 12.3 Å². The highest BCUT2D eigenvalue weighted by atomic mass is 32.1. The van der Waals surface area contributed by atoms with Gasteiger partial charge in [-0.25, -0.2) is 4.79 Å². The van der Waals surface area contributed by atoms with Gasteiger partial charge in [0.05, 0.1) is 19.1 Å². The molecule has 0 saturated carbocycles. The molecule has 1 aromatic carbocycles. The van der Waals surface area contributed by atoms with Gasteiger partial charge in [0.15, 0.2) is 0 Å². The molecule has 1 atom stereocenters. The van der Waals surface area contributed by atoms with Crippen LogP contribution in [0.1, 0.15) is 54.3 Å². The highest BCUT2D eigenvalue weighted by Crippen LogP contribution is 2.40. The predicted molar refractivity (Wildman–Crippen MR) is 128 cm³/mol. The van der Waals surface area contributed by atoms with Crippen LogP contribution in [-0.2, 0) is 28.8 Å². The van der Waals surface area contributed by atoms with E-state index in [-0.39, 0.29) is 24.5 Å². The van der Waals surface area contributed by atoms with Crippen molar-refractivity contribution in [3.05, 3.63) is 70.4 Å². The Hall–Kier alpha value is -3.06. The molecule has 4 rings (SSSR count). The van der Waals surface area contributed by atoms with Gasteiger partial charge in [-0.15, -0.1) is 11.3 Å². The van der Waals surface area contributed by atoms with Gasteiger partial charge in [-0.3, -0.25) is 4.79 Å². The minimum atomic E-state index is -0.252. The topological polar surface area (TPSA) is 72.4 Å². The van der Waals surface area contributed by atoms with Crippen molar-refractivity contribution in [2.24, 2.45) is 0 Å². The molecule has 32 heavy (non-hydrogen) atoms. The first-order valence-electron chi connectivity index (χ1n) is 11.1. The Balaban J connectivity index is 1.44. The first-order chi connectivity index (χ1) is 15.5. The molecule has 1 aliphatic carbocycles. The highest BCUT2D eigenvalue weighted by molar-refractivity contribution is 7.15. The number of benzene rings is 1. The molecule has 0 aliphatic heterocycles. The number of nitrogens with zero attached hydrogens (tertiary/aromatic N) is 1. The number of hydrogen-bond acceptors (Lipinski definition) is 4. The van der Waals surface area contributed by atoms with Gasteiger partial charge in [0.1, 0.15) is 5.00 Å². The Morgan fingerprint density at radius 2 is 1.84 bits per heavy atom. The summed E-state index contributed by atoms with van der Waals surface area (Å²) in [6.07, 6.45) is 8.95. The van der Waals surface area contributed by atoms with E-state index in [1.165, 1.54) is 33.8 Å². The number of nitrogens with one attached hydrogen (secondary N) is 2. The van der Waals surface area contributed by atoms with Crippen LogP contribution < -0.4 is 10.6 Å². The maximum Gasteiger partial charge on any atom is 0.319 e. The molecule has 3 aromatic rings. The zero-order valence-electron chi connectivity index (χ0n) is 18.5. The van der Waals surface area contributed by atoms with E-state index in [4.69, 9.17) is 4.74 Å². The Kier molecular flexibility index (Phi) is 6.95. The SMILES string of the molecule is CCOC(=O)Cc1ccc(NC(=O)N[C@H](C)c2c(-n3cccc3)sc3c2CCCC3)cc1. The fourth-order valence-corrected chi connectivity index (χ4v) is 5.66. The fourth-order valence-electron chi connectivity index (χ4n) is 4.20. The Morgan fingerprint density at radius 3 is 2.56 bits per heavy atom. The van der Waals surface area contributed by atoms with Crippen LogP contribution >= 0.6 is 11.3 Å². The van der Waals surface area contributed by atoms with Gasteiger partial charge < -0.3 is 19.9 Å². The molecule has 2 heterocycles. The quantitative estimate of drug-likeness (QED) is 0.472. The molecule has 168 valence electrons. The molecule has 6 nitrogen and oxygen atoms in total. The number of ether oxygens (including phenoxy) is 1. The van der Waals surface area contributed by atoms with Crippen LogP contribution in [0.2, 0.25) is 0 Å². The van der Waals surface area contributed by atoms with E-state index in [9.17, 15) is 9.59 Å². The lowest BCUT2D eigenvalue weighted by atomic mass is 9.93. The lowest BCUT2D eigenvalue weighted by Crippen LogP contribution is -2.32. The first kappa shape index (κ1) is 22.1. The van der Waals surface area contributed by atoms with Gasteiger partial charge in [-0.05, 0) is 74.9 Å². The number of rotatable bonds is 7. The number of aryl methyl sites for hydroxylation is 1. The molecule has 2 N–H and O–H groups in total. The van der Waals surface area contributed by atoms with Crippen LogP contribution in [0.4, 0.5) is 10.5 Å². The normalized spacial score (nSPS) is 13.8. The van der Waals surface area contributed by atoms with Crippen LogP contribution in [-0.4, -0.2) is 23.2 Å². The summed E-state index contributed by atoms with van der Waals surface area (Å²) in [4.78, 5) is 25.8. The van der Waals surface area contributed by atoms with Gasteiger partial charge >= 0.3 is 12.0 Å². The van der Waals surface area contributed by atoms with Gasteiger partial charge in [-0.1, -0.05) is 12.1 Å². The molecule has 1 aliphatic rings. The number of hydrogen-bond donors (Lipinski definition) is 2. The third kappa shape index (κ3) is 5.05. The molecule has 0 spiro atoms. The van der Waals surface area contributed by atoms with Gasteiger partial charge in [0, 0.05) is 28.5 Å². The van der Waals surface area contributed by atoms with Crippen molar-refractivity contribution in [3.63, 3.8) is 0 Å². The number of carbonyl (C=O) groups is 2. The third-order valence-electron chi connectivity index (χ3n) is 5.68. The summed E-state index contributed by atoms with van der Waals surface area (Å²) < 4.78 is 7.13. The number of carbonyl (C=O) groups excluding carboxylic acids is 2. The monoisotopic (exact) mass is 451 g/mol. The van der Waals surface area contributed by atoms with Crippen LogP contribution in [0.15, 0.2) is 48.8 Å². The summed E-state index contributed by atoms with van der Waals surface area (Å²) in [6.45, 7) is 4.21. The third-order valence-corrected chi connectivity index (χ3v) is 7.00. The second kappa shape index (κ2) is 10.0. The smallest absolute Gasteiger partial charge is 0.319 e. The number of thiophene rings is 1. The second-order valence-corrected chi connectivity index (χ2v) is 9.10. The van der Waals surface area contributed by atoms with Crippen LogP contribution in [0, 0.1) is 0 Å². The van der Waals surface area contributed by atoms with Crippen molar-refractivity contribution in [3.8, 4) is 5.00 Å². The summed E-state index contributed by atoms with van der Waals surface area (Å²) in [5, 5.41) is 7.21. The van der Waals surface area contributed by atoms with Gasteiger partial charge in [0.25, 0.3) is 0 Å². The Labute approximate surface area is 192 Å². The van der Waals surface area contributed by atoms with Crippen molar-refractivity contribution in [1.82, 2.24) is 9.88 Å². The lowest BCUT2D eigenvalue weighted by Gasteiger charge is -2.20. The van der Waals surface area contributed by atoms with E-state index in [0.717, 1.165) is 18.4 Å². The molecule has 0 radical (unpaired) electrons. The van der Waals surface area contributed by atoms with Crippen molar-refractivity contribution in [2.45, 2.75) is 52.0 Å². The second-order valence-electron chi connectivity index (χ2n) is 8.02. The van der Waals surface area contributed by atoms with E-state index >= 15 is 0 Å². The predicted octanol–water partition coefficient (Wildman–Crippen LogP) is 5.41. The molecular formula is C25H29N3O3S. The molecule has 0 fully saturated rings. The van der Waals surface area contributed by atoms with E-state index in [1.807, 2.05) is 42.5 Å². The standard InChI is InChI=1S/C25H29N3O3S/c1-3-31-22(29)16-18-10-12-19(13-11-18)27-25(30)26-17(2)23-20-8-4-5-9-21(20)32-24(23)28-14-6-7-15-28/h6-7,10-15,17H,3-5,8-9,16H2,1-2H3,(H2,26,27,30)/t17-/m1/s1. The van der Waals surface area contributed by atoms with E-state index in [1.54, 1.807) is 19.1 Å². The van der Waals surface area contributed by atoms with Crippen LogP contribution in [0.3, 0.4) is 0 Å². The highest BCUT2D eigenvalue weighted by Gasteiger charge is 2.26. The zero-order chi connectivity index (χ0) is 22.5. The van der Waals surface area contributed by atoms with Gasteiger partial charge in [0.2, 0.25) is 0 Å². The maximum absolute atomic E-state index is 12.7. The Bertz CT molecular complexity index is 1070. The van der Waals surface area contributed by atoms with Crippen LogP contribution in [0.5, 0.6) is 0 Å². The fraction of sp³-hybridized carbons (Fsp3) is 0.360. The van der Waals surface area contributed by atoms with Gasteiger partial charge in [-0.2, -0.15) is 0 Å². The number of anilines is 1. The first-order valence-corrected chi connectivity index (χ1v) is 12.0. The molecular weight excluding hydrogens is 422 g/mol. The summed E-state index contributed by atoms with van der Waals surface area (Å²) in [7, 11) is 0. The number of fused-ring (bicyclic) bond motifs is 1.